The summed E-state index contributed by atoms with van der Waals surface area (Å²) in [7, 11) is 0. The number of Topliss-reactive ketones (excluding diaryl/α,β-unsaturated/α-hetero) is 1. The minimum absolute atomic E-state index is 0.0115. The van der Waals surface area contributed by atoms with E-state index in [2.05, 4.69) is 24.0 Å². The van der Waals surface area contributed by atoms with Gasteiger partial charge in [0.15, 0.2) is 0 Å². The first-order valence-electron chi connectivity index (χ1n) is 9.75. The van der Waals surface area contributed by atoms with Crippen LogP contribution in [0.5, 0.6) is 0 Å². The van der Waals surface area contributed by atoms with Gasteiger partial charge in [-0.05, 0) is 48.2 Å². The summed E-state index contributed by atoms with van der Waals surface area (Å²) < 4.78 is 0. The maximum atomic E-state index is 13.1. The minimum Gasteiger partial charge on any atom is -0.507 e. The van der Waals surface area contributed by atoms with Crippen molar-refractivity contribution in [3.63, 3.8) is 0 Å². The third kappa shape index (κ3) is 3.86. The van der Waals surface area contributed by atoms with Crippen LogP contribution in [0.1, 0.15) is 47.5 Å². The topological polar surface area (TPSA) is 83.4 Å². The van der Waals surface area contributed by atoms with Crippen LogP contribution in [0.25, 0.3) is 5.76 Å². The van der Waals surface area contributed by atoms with Crippen LogP contribution in [-0.2, 0) is 9.59 Å². The fraction of sp³-hybridized carbons (Fsp3) is 0.217. The number of carbonyl (C=O) groups excluding carboxylic acids is 2. The molecule has 8 heteroatoms. The van der Waals surface area contributed by atoms with Gasteiger partial charge in [0.2, 0.25) is 5.13 Å². The standard InChI is InChI=1S/C23H20ClN3O3S/c1-12(2)14-4-6-15(7-5-14)19-18(20(28)16-8-10-17(24)11-9-16)21(29)22(30)27(19)23-26-25-13(3)31-23/h4-12,19,28H,1-3H3/b20-18+/t19-/m1/s1. The number of carbonyl (C=O) groups is 2. The Hall–Kier alpha value is -3.03. The lowest BCUT2D eigenvalue weighted by Crippen LogP contribution is -2.29. The summed E-state index contributed by atoms with van der Waals surface area (Å²) in [6.07, 6.45) is 0. The van der Waals surface area contributed by atoms with Gasteiger partial charge in [0.1, 0.15) is 10.8 Å². The molecule has 1 aromatic heterocycles. The third-order valence-corrected chi connectivity index (χ3v) is 6.29. The van der Waals surface area contributed by atoms with E-state index in [0.717, 1.165) is 5.56 Å². The normalized spacial score (nSPS) is 18.2. The van der Waals surface area contributed by atoms with Crippen LogP contribution in [0.15, 0.2) is 54.1 Å². The van der Waals surface area contributed by atoms with E-state index in [4.69, 9.17) is 11.6 Å². The van der Waals surface area contributed by atoms with E-state index < -0.39 is 17.7 Å². The van der Waals surface area contributed by atoms with Gasteiger partial charge < -0.3 is 5.11 Å². The Morgan fingerprint density at radius 2 is 1.71 bits per heavy atom. The number of amides is 1. The molecule has 4 rings (SSSR count). The lowest BCUT2D eigenvalue weighted by atomic mass is 9.93. The van der Waals surface area contributed by atoms with Crippen molar-refractivity contribution < 1.29 is 14.7 Å². The van der Waals surface area contributed by atoms with Crippen LogP contribution in [-0.4, -0.2) is 27.0 Å². The van der Waals surface area contributed by atoms with Crippen molar-refractivity contribution in [3.8, 4) is 0 Å². The van der Waals surface area contributed by atoms with Gasteiger partial charge in [0.25, 0.3) is 5.78 Å². The summed E-state index contributed by atoms with van der Waals surface area (Å²) in [5, 5.41) is 20.6. The summed E-state index contributed by atoms with van der Waals surface area (Å²) in [6.45, 7) is 5.95. The molecule has 6 nitrogen and oxygen atoms in total. The van der Waals surface area contributed by atoms with Crippen LogP contribution in [0.3, 0.4) is 0 Å². The van der Waals surface area contributed by atoms with E-state index in [-0.39, 0.29) is 11.3 Å². The van der Waals surface area contributed by atoms with E-state index in [1.165, 1.54) is 16.2 Å². The number of aliphatic hydroxyl groups excluding tert-OH is 1. The molecule has 0 spiro atoms. The Morgan fingerprint density at radius 1 is 1.06 bits per heavy atom. The van der Waals surface area contributed by atoms with Crippen LogP contribution >= 0.6 is 22.9 Å². The van der Waals surface area contributed by atoms with E-state index in [1.54, 1.807) is 31.2 Å². The SMILES string of the molecule is Cc1nnc(N2C(=O)C(=O)/C(=C(/O)c3ccc(Cl)cc3)[C@H]2c2ccc(C(C)C)cc2)s1. The number of rotatable bonds is 4. The van der Waals surface area contributed by atoms with Crippen LogP contribution in [0, 0.1) is 6.92 Å². The fourth-order valence-corrected chi connectivity index (χ4v) is 4.40. The first-order valence-corrected chi connectivity index (χ1v) is 10.9. The van der Waals surface area contributed by atoms with Crippen molar-refractivity contribution in [1.82, 2.24) is 10.2 Å². The van der Waals surface area contributed by atoms with Crippen LogP contribution < -0.4 is 4.90 Å². The molecule has 31 heavy (non-hydrogen) atoms. The largest absolute Gasteiger partial charge is 0.507 e. The number of nitrogens with zero attached hydrogens (tertiary/aromatic N) is 3. The molecule has 1 saturated heterocycles. The number of ketones is 1. The molecule has 0 unspecified atom stereocenters. The van der Waals surface area contributed by atoms with Gasteiger partial charge in [0.05, 0.1) is 11.6 Å². The Labute approximate surface area is 188 Å². The van der Waals surface area contributed by atoms with Crippen molar-refractivity contribution in [3.05, 3.63) is 80.8 Å². The summed E-state index contributed by atoms with van der Waals surface area (Å²) >= 11 is 7.18. The zero-order valence-electron chi connectivity index (χ0n) is 17.2. The van der Waals surface area contributed by atoms with Crippen molar-refractivity contribution in [2.24, 2.45) is 0 Å². The average Bonchev–Trinajstić information content (AvgIpc) is 3.29. The molecule has 0 radical (unpaired) electrons. The Kier molecular flexibility index (Phi) is 5.64. The molecule has 2 aromatic carbocycles. The second-order valence-electron chi connectivity index (χ2n) is 7.60. The van der Waals surface area contributed by atoms with Crippen LogP contribution in [0.4, 0.5) is 5.13 Å². The molecule has 3 aromatic rings. The Morgan fingerprint density at radius 3 is 2.26 bits per heavy atom. The first-order chi connectivity index (χ1) is 14.8. The highest BCUT2D eigenvalue weighted by Gasteiger charge is 2.48. The highest BCUT2D eigenvalue weighted by atomic mass is 35.5. The molecule has 1 aliphatic heterocycles. The summed E-state index contributed by atoms with van der Waals surface area (Å²) in [5.74, 6) is -1.43. The molecule has 1 fully saturated rings. The number of aliphatic hydroxyl groups is 1. The monoisotopic (exact) mass is 453 g/mol. The van der Waals surface area contributed by atoms with Gasteiger partial charge >= 0.3 is 5.91 Å². The van der Waals surface area contributed by atoms with E-state index in [0.29, 0.717) is 32.2 Å². The molecule has 0 bridgehead atoms. The molecule has 0 saturated carbocycles. The zero-order chi connectivity index (χ0) is 22.3. The van der Waals surface area contributed by atoms with E-state index >= 15 is 0 Å². The number of hydrogen-bond donors (Lipinski definition) is 1. The van der Waals surface area contributed by atoms with Gasteiger partial charge in [-0.3, -0.25) is 14.5 Å². The second-order valence-corrected chi connectivity index (χ2v) is 9.20. The highest BCUT2D eigenvalue weighted by Crippen LogP contribution is 2.43. The van der Waals surface area contributed by atoms with Gasteiger partial charge in [-0.15, -0.1) is 10.2 Å². The number of aryl methyl sites for hydroxylation is 1. The summed E-state index contributed by atoms with van der Waals surface area (Å²) in [5.41, 5.74) is 2.24. The average molecular weight is 454 g/mol. The lowest BCUT2D eigenvalue weighted by molar-refractivity contribution is -0.132. The maximum Gasteiger partial charge on any atom is 0.301 e. The fourth-order valence-electron chi connectivity index (χ4n) is 3.56. The quantitative estimate of drug-likeness (QED) is 0.331. The first kappa shape index (κ1) is 21.2. The second kappa shape index (κ2) is 8.24. The lowest BCUT2D eigenvalue weighted by Gasteiger charge is -2.23. The number of aromatic nitrogens is 2. The number of hydrogen-bond acceptors (Lipinski definition) is 6. The molecule has 1 aliphatic rings. The molecule has 0 aliphatic carbocycles. The smallest absolute Gasteiger partial charge is 0.301 e. The molecule has 158 valence electrons. The van der Waals surface area contributed by atoms with Crippen molar-refractivity contribution in [2.75, 3.05) is 4.90 Å². The van der Waals surface area contributed by atoms with Crippen LogP contribution in [0.2, 0.25) is 5.02 Å². The number of halogens is 1. The predicted octanol–water partition coefficient (Wildman–Crippen LogP) is 5.25. The van der Waals surface area contributed by atoms with Crippen molar-refractivity contribution in [2.45, 2.75) is 32.7 Å². The molecule has 1 N–H and O–H groups in total. The van der Waals surface area contributed by atoms with Crippen molar-refractivity contribution in [1.29, 1.82) is 0 Å². The Bertz CT molecular complexity index is 1180. The molecular weight excluding hydrogens is 434 g/mol. The predicted molar refractivity (Wildman–Crippen MR) is 121 cm³/mol. The van der Waals surface area contributed by atoms with E-state index in [1.807, 2.05) is 24.3 Å². The number of benzene rings is 2. The zero-order valence-corrected chi connectivity index (χ0v) is 18.7. The highest BCUT2D eigenvalue weighted by molar-refractivity contribution is 7.15. The van der Waals surface area contributed by atoms with Gasteiger partial charge in [-0.1, -0.05) is 61.1 Å². The van der Waals surface area contributed by atoms with Gasteiger partial charge in [-0.2, -0.15) is 0 Å². The third-order valence-electron chi connectivity index (χ3n) is 5.20. The van der Waals surface area contributed by atoms with Gasteiger partial charge in [0, 0.05) is 10.6 Å². The molecular formula is C23H20ClN3O3S. The van der Waals surface area contributed by atoms with E-state index in [9.17, 15) is 14.7 Å². The maximum absolute atomic E-state index is 13.1. The Balaban J connectivity index is 1.91. The molecule has 1 atom stereocenters. The molecule has 1 amide bonds. The van der Waals surface area contributed by atoms with Crippen molar-refractivity contribution >= 4 is 45.5 Å². The number of anilines is 1. The molecule has 2 heterocycles. The minimum atomic E-state index is -0.816. The summed E-state index contributed by atoms with van der Waals surface area (Å²) in [6, 6.07) is 13.3. The van der Waals surface area contributed by atoms with Gasteiger partial charge in [-0.25, -0.2) is 0 Å². The summed E-state index contributed by atoms with van der Waals surface area (Å²) in [4.78, 5) is 27.4.